The SMILES string of the molecule is CCNC(Cc1ccc(F)cc1Br)c1cncc(C)c1. The van der Waals surface area contributed by atoms with E-state index in [9.17, 15) is 4.39 Å². The monoisotopic (exact) mass is 336 g/mol. The van der Waals surface area contributed by atoms with Crippen molar-refractivity contribution in [3.05, 3.63) is 63.6 Å². The van der Waals surface area contributed by atoms with Crippen LogP contribution in [0.4, 0.5) is 4.39 Å². The number of nitrogens with zero attached hydrogens (tertiary/aromatic N) is 1. The van der Waals surface area contributed by atoms with Gasteiger partial charge < -0.3 is 5.32 Å². The van der Waals surface area contributed by atoms with Crippen LogP contribution < -0.4 is 5.32 Å². The molecular weight excluding hydrogens is 319 g/mol. The van der Waals surface area contributed by atoms with Gasteiger partial charge in [-0.25, -0.2) is 4.39 Å². The van der Waals surface area contributed by atoms with E-state index in [1.807, 2.05) is 25.4 Å². The van der Waals surface area contributed by atoms with E-state index >= 15 is 0 Å². The predicted molar refractivity (Wildman–Crippen MR) is 83.2 cm³/mol. The highest BCUT2D eigenvalue weighted by Gasteiger charge is 2.14. The van der Waals surface area contributed by atoms with Crippen LogP contribution in [0.3, 0.4) is 0 Å². The summed E-state index contributed by atoms with van der Waals surface area (Å²) in [6.07, 6.45) is 4.53. The molecule has 1 atom stereocenters. The zero-order chi connectivity index (χ0) is 14.5. The Morgan fingerprint density at radius 3 is 2.75 bits per heavy atom. The maximum atomic E-state index is 13.2. The second-order valence-corrected chi connectivity index (χ2v) is 5.70. The lowest BCUT2D eigenvalue weighted by atomic mass is 9.99. The van der Waals surface area contributed by atoms with Crippen LogP contribution in [-0.4, -0.2) is 11.5 Å². The number of hydrogen-bond acceptors (Lipinski definition) is 2. The fourth-order valence-corrected chi connectivity index (χ4v) is 2.74. The summed E-state index contributed by atoms with van der Waals surface area (Å²) in [5, 5.41) is 3.46. The zero-order valence-electron chi connectivity index (χ0n) is 11.7. The van der Waals surface area contributed by atoms with Crippen LogP contribution in [0, 0.1) is 12.7 Å². The Balaban J connectivity index is 2.25. The Morgan fingerprint density at radius 2 is 2.10 bits per heavy atom. The highest BCUT2D eigenvalue weighted by atomic mass is 79.9. The van der Waals surface area contributed by atoms with Gasteiger partial charge in [0.05, 0.1) is 0 Å². The molecule has 0 spiro atoms. The fraction of sp³-hybridized carbons (Fsp3) is 0.312. The molecule has 0 saturated carbocycles. The first kappa shape index (κ1) is 15.1. The highest BCUT2D eigenvalue weighted by molar-refractivity contribution is 9.10. The Labute approximate surface area is 127 Å². The van der Waals surface area contributed by atoms with Crippen LogP contribution in [-0.2, 0) is 6.42 Å². The zero-order valence-corrected chi connectivity index (χ0v) is 13.2. The Bertz CT molecular complexity index is 586. The van der Waals surface area contributed by atoms with Crippen molar-refractivity contribution >= 4 is 15.9 Å². The summed E-state index contributed by atoms with van der Waals surface area (Å²) in [5.41, 5.74) is 3.38. The van der Waals surface area contributed by atoms with Crippen molar-refractivity contribution in [1.82, 2.24) is 10.3 Å². The number of hydrogen-bond donors (Lipinski definition) is 1. The van der Waals surface area contributed by atoms with Gasteiger partial charge in [-0.2, -0.15) is 0 Å². The summed E-state index contributed by atoms with van der Waals surface area (Å²) in [7, 11) is 0. The molecule has 1 N–H and O–H groups in total. The van der Waals surface area contributed by atoms with E-state index in [1.165, 1.54) is 12.1 Å². The molecule has 0 saturated heterocycles. The molecule has 2 rings (SSSR count). The minimum absolute atomic E-state index is 0.175. The number of rotatable bonds is 5. The lowest BCUT2D eigenvalue weighted by molar-refractivity contribution is 0.546. The first-order valence-corrected chi connectivity index (χ1v) is 7.48. The van der Waals surface area contributed by atoms with E-state index in [4.69, 9.17) is 0 Å². The van der Waals surface area contributed by atoms with E-state index in [2.05, 4.69) is 39.2 Å². The van der Waals surface area contributed by atoms with E-state index in [0.717, 1.165) is 34.1 Å². The van der Waals surface area contributed by atoms with E-state index in [0.29, 0.717) is 0 Å². The Morgan fingerprint density at radius 1 is 1.30 bits per heavy atom. The quantitative estimate of drug-likeness (QED) is 0.885. The number of aryl methyl sites for hydroxylation is 1. The van der Waals surface area contributed by atoms with Gasteiger partial charge in [0.15, 0.2) is 0 Å². The molecular formula is C16H18BrFN2. The van der Waals surface area contributed by atoms with E-state index < -0.39 is 0 Å². The molecule has 0 fully saturated rings. The highest BCUT2D eigenvalue weighted by Crippen LogP contribution is 2.24. The van der Waals surface area contributed by atoms with Crippen molar-refractivity contribution in [1.29, 1.82) is 0 Å². The molecule has 106 valence electrons. The molecule has 1 heterocycles. The van der Waals surface area contributed by atoms with Gasteiger partial charge in [0, 0.05) is 22.9 Å². The summed E-state index contributed by atoms with van der Waals surface area (Å²) >= 11 is 3.43. The molecule has 0 aliphatic rings. The van der Waals surface area contributed by atoms with E-state index in [1.54, 1.807) is 0 Å². The lowest BCUT2D eigenvalue weighted by Gasteiger charge is -2.19. The third-order valence-electron chi connectivity index (χ3n) is 3.19. The summed E-state index contributed by atoms with van der Waals surface area (Å²) < 4.78 is 14.0. The maximum Gasteiger partial charge on any atom is 0.124 e. The molecule has 1 unspecified atom stereocenters. The summed E-state index contributed by atoms with van der Waals surface area (Å²) in [4.78, 5) is 4.25. The average molecular weight is 337 g/mol. The molecule has 20 heavy (non-hydrogen) atoms. The topological polar surface area (TPSA) is 24.9 Å². The summed E-state index contributed by atoms with van der Waals surface area (Å²) in [5.74, 6) is -0.224. The molecule has 1 aromatic heterocycles. The standard InChI is InChI=1S/C16H18BrFN2/c1-3-20-16(13-6-11(2)9-19-10-13)7-12-4-5-14(18)8-15(12)17/h4-6,8-10,16,20H,3,7H2,1-2H3. The van der Waals surface area contributed by atoms with Crippen molar-refractivity contribution in [2.75, 3.05) is 6.54 Å². The van der Waals surface area contributed by atoms with E-state index in [-0.39, 0.29) is 11.9 Å². The average Bonchev–Trinajstić information content (AvgIpc) is 2.41. The number of aromatic nitrogens is 1. The van der Waals surface area contributed by atoms with Crippen molar-refractivity contribution in [2.24, 2.45) is 0 Å². The molecule has 1 aromatic carbocycles. The van der Waals surface area contributed by atoms with Crippen molar-refractivity contribution < 1.29 is 4.39 Å². The van der Waals surface area contributed by atoms with Crippen LogP contribution in [0.2, 0.25) is 0 Å². The molecule has 0 aliphatic heterocycles. The number of nitrogens with one attached hydrogen (secondary N) is 1. The van der Waals surface area contributed by atoms with Crippen molar-refractivity contribution in [3.63, 3.8) is 0 Å². The van der Waals surface area contributed by atoms with Crippen LogP contribution in [0.25, 0.3) is 0 Å². The third kappa shape index (κ3) is 3.87. The van der Waals surface area contributed by atoms with Crippen LogP contribution in [0.1, 0.15) is 29.7 Å². The number of pyridine rings is 1. The van der Waals surface area contributed by atoms with Crippen molar-refractivity contribution in [2.45, 2.75) is 26.3 Å². The van der Waals surface area contributed by atoms with Crippen LogP contribution >= 0.6 is 15.9 Å². The summed E-state index contributed by atoms with van der Waals surface area (Å²) in [6, 6.07) is 7.14. The van der Waals surface area contributed by atoms with Crippen molar-refractivity contribution in [3.8, 4) is 0 Å². The molecule has 4 heteroatoms. The van der Waals surface area contributed by atoms with Gasteiger partial charge in [-0.05, 0) is 48.7 Å². The molecule has 2 nitrogen and oxygen atoms in total. The third-order valence-corrected chi connectivity index (χ3v) is 3.93. The number of benzene rings is 1. The number of halogens is 2. The van der Waals surface area contributed by atoms with Gasteiger partial charge in [0.2, 0.25) is 0 Å². The smallest absolute Gasteiger partial charge is 0.124 e. The maximum absolute atomic E-state index is 13.2. The normalized spacial score (nSPS) is 12.4. The first-order chi connectivity index (χ1) is 9.60. The van der Waals surface area contributed by atoms with Gasteiger partial charge >= 0.3 is 0 Å². The number of likely N-dealkylation sites (N-methyl/N-ethyl adjacent to an activating group) is 1. The predicted octanol–water partition coefficient (Wildman–Crippen LogP) is 4.18. The van der Waals surface area contributed by atoms with Crippen LogP contribution in [0.5, 0.6) is 0 Å². The molecule has 0 radical (unpaired) electrons. The van der Waals surface area contributed by atoms with Gasteiger partial charge in [-0.15, -0.1) is 0 Å². The minimum Gasteiger partial charge on any atom is -0.310 e. The summed E-state index contributed by atoms with van der Waals surface area (Å²) in [6.45, 7) is 4.99. The van der Waals surface area contributed by atoms with Crippen LogP contribution in [0.15, 0.2) is 41.1 Å². The van der Waals surface area contributed by atoms with Gasteiger partial charge in [-0.1, -0.05) is 35.0 Å². The van der Waals surface area contributed by atoms with Gasteiger partial charge in [0.25, 0.3) is 0 Å². The fourth-order valence-electron chi connectivity index (χ4n) is 2.23. The minimum atomic E-state index is -0.224. The molecule has 0 bridgehead atoms. The molecule has 0 amide bonds. The largest absolute Gasteiger partial charge is 0.310 e. The second kappa shape index (κ2) is 6.95. The Kier molecular flexibility index (Phi) is 5.26. The Hall–Kier alpha value is -1.26. The molecule has 2 aromatic rings. The second-order valence-electron chi connectivity index (χ2n) is 4.85. The molecule has 0 aliphatic carbocycles. The van der Waals surface area contributed by atoms with Gasteiger partial charge in [-0.3, -0.25) is 4.98 Å². The lowest BCUT2D eigenvalue weighted by Crippen LogP contribution is -2.23. The first-order valence-electron chi connectivity index (χ1n) is 6.69. The van der Waals surface area contributed by atoms with Gasteiger partial charge in [0.1, 0.15) is 5.82 Å².